The third kappa shape index (κ3) is 2.59. The third-order valence-electron chi connectivity index (χ3n) is 0.966. The number of halogens is 6. The summed E-state index contributed by atoms with van der Waals surface area (Å²) in [6, 6.07) is 0. The first-order chi connectivity index (χ1) is 5.07. The standard InChI is InChI=1S/C4H4F6N2/c5-3(6,7)1(2(11)12)4(8,9)10/h1H,(H3,11,12). The minimum atomic E-state index is -5.55. The van der Waals surface area contributed by atoms with Gasteiger partial charge in [-0.05, 0) is 0 Å². The van der Waals surface area contributed by atoms with Gasteiger partial charge in [0.25, 0.3) is 0 Å². The maximum atomic E-state index is 11.5. The van der Waals surface area contributed by atoms with Crippen LogP contribution < -0.4 is 5.73 Å². The van der Waals surface area contributed by atoms with Crippen molar-refractivity contribution >= 4 is 5.84 Å². The van der Waals surface area contributed by atoms with E-state index < -0.39 is 24.1 Å². The summed E-state index contributed by atoms with van der Waals surface area (Å²) < 4.78 is 69.2. The summed E-state index contributed by atoms with van der Waals surface area (Å²) in [5.74, 6) is -5.81. The molecule has 2 nitrogen and oxygen atoms in total. The maximum absolute atomic E-state index is 11.5. The van der Waals surface area contributed by atoms with Gasteiger partial charge in [0.15, 0.2) is 0 Å². The number of nitrogens with one attached hydrogen (secondary N) is 1. The summed E-state index contributed by atoms with van der Waals surface area (Å²) in [7, 11) is 0. The van der Waals surface area contributed by atoms with Crippen LogP contribution in [0.2, 0.25) is 0 Å². The minimum Gasteiger partial charge on any atom is -0.387 e. The predicted octanol–water partition coefficient (Wildman–Crippen LogP) is 1.66. The molecular weight excluding hydrogens is 190 g/mol. The molecule has 72 valence electrons. The first kappa shape index (κ1) is 11.0. The van der Waals surface area contributed by atoms with Crippen molar-refractivity contribution in [3.63, 3.8) is 0 Å². The van der Waals surface area contributed by atoms with Crippen LogP contribution in [0, 0.1) is 11.3 Å². The highest BCUT2D eigenvalue weighted by atomic mass is 19.4. The lowest BCUT2D eigenvalue weighted by Crippen LogP contribution is -2.45. The molecule has 0 aliphatic heterocycles. The van der Waals surface area contributed by atoms with Crippen LogP contribution in [0.4, 0.5) is 26.3 Å². The Morgan fingerprint density at radius 1 is 1.00 bits per heavy atom. The van der Waals surface area contributed by atoms with E-state index in [1.807, 2.05) is 0 Å². The molecule has 0 heterocycles. The molecule has 0 saturated carbocycles. The van der Waals surface area contributed by atoms with Gasteiger partial charge in [0.05, 0.1) is 0 Å². The average molecular weight is 194 g/mol. The van der Waals surface area contributed by atoms with Crippen molar-refractivity contribution in [2.75, 3.05) is 0 Å². The summed E-state index contributed by atoms with van der Waals surface area (Å²) in [5.41, 5.74) is 4.15. The first-order valence-corrected chi connectivity index (χ1v) is 2.54. The van der Waals surface area contributed by atoms with Gasteiger partial charge in [0, 0.05) is 0 Å². The van der Waals surface area contributed by atoms with Crippen LogP contribution in [0.15, 0.2) is 0 Å². The highest BCUT2D eigenvalue weighted by molar-refractivity contribution is 5.81. The molecule has 0 atom stereocenters. The van der Waals surface area contributed by atoms with Crippen LogP contribution in [-0.4, -0.2) is 18.2 Å². The smallest absolute Gasteiger partial charge is 0.387 e. The summed E-state index contributed by atoms with van der Waals surface area (Å²) in [6.45, 7) is 0. The fourth-order valence-electron chi connectivity index (χ4n) is 0.538. The first-order valence-electron chi connectivity index (χ1n) is 2.54. The molecule has 0 saturated heterocycles. The van der Waals surface area contributed by atoms with Crippen molar-refractivity contribution in [1.82, 2.24) is 0 Å². The number of nitrogens with two attached hydrogens (primary N) is 1. The van der Waals surface area contributed by atoms with Crippen molar-refractivity contribution in [1.29, 1.82) is 5.41 Å². The van der Waals surface area contributed by atoms with Gasteiger partial charge < -0.3 is 5.73 Å². The van der Waals surface area contributed by atoms with Crippen LogP contribution in [0.25, 0.3) is 0 Å². The zero-order valence-electron chi connectivity index (χ0n) is 5.42. The van der Waals surface area contributed by atoms with Gasteiger partial charge in [0.2, 0.25) is 5.92 Å². The number of hydrogen-bond donors (Lipinski definition) is 2. The van der Waals surface area contributed by atoms with Crippen LogP contribution in [0.3, 0.4) is 0 Å². The van der Waals surface area contributed by atoms with E-state index in [4.69, 9.17) is 5.41 Å². The molecule has 0 radical (unpaired) electrons. The zero-order chi connectivity index (χ0) is 10.2. The second-order valence-electron chi connectivity index (χ2n) is 1.97. The van der Waals surface area contributed by atoms with Crippen molar-refractivity contribution in [3.05, 3.63) is 0 Å². The molecule has 8 heteroatoms. The van der Waals surface area contributed by atoms with Gasteiger partial charge in [-0.1, -0.05) is 0 Å². The van der Waals surface area contributed by atoms with Crippen molar-refractivity contribution < 1.29 is 26.3 Å². The highest BCUT2D eigenvalue weighted by Gasteiger charge is 2.58. The molecule has 0 aromatic heterocycles. The zero-order valence-corrected chi connectivity index (χ0v) is 5.42. The molecule has 0 aliphatic carbocycles. The average Bonchev–Trinajstić information content (AvgIpc) is 1.49. The fraction of sp³-hybridized carbons (Fsp3) is 0.750. The van der Waals surface area contributed by atoms with E-state index in [0.717, 1.165) is 0 Å². The predicted molar refractivity (Wildman–Crippen MR) is 27.5 cm³/mol. The van der Waals surface area contributed by atoms with Gasteiger partial charge in [-0.15, -0.1) is 0 Å². The lowest BCUT2D eigenvalue weighted by Gasteiger charge is -2.21. The van der Waals surface area contributed by atoms with E-state index in [9.17, 15) is 26.3 Å². The van der Waals surface area contributed by atoms with Crippen LogP contribution in [0.1, 0.15) is 0 Å². The SMILES string of the molecule is N=C(N)C(C(F)(F)F)C(F)(F)F. The van der Waals surface area contributed by atoms with E-state index in [1.165, 1.54) is 0 Å². The molecule has 0 aromatic carbocycles. The maximum Gasteiger partial charge on any atom is 0.407 e. The monoisotopic (exact) mass is 194 g/mol. The number of amidine groups is 1. The van der Waals surface area contributed by atoms with Gasteiger partial charge in [0.1, 0.15) is 5.84 Å². The van der Waals surface area contributed by atoms with Crippen molar-refractivity contribution in [2.24, 2.45) is 11.7 Å². The van der Waals surface area contributed by atoms with E-state index in [0.29, 0.717) is 0 Å². The lowest BCUT2D eigenvalue weighted by atomic mass is 10.1. The summed E-state index contributed by atoms with van der Waals surface area (Å²) in [5, 5.41) is 6.10. The Morgan fingerprint density at radius 2 is 1.25 bits per heavy atom. The molecular formula is C4H4F6N2. The normalized spacial score (nSPS) is 13.6. The van der Waals surface area contributed by atoms with E-state index in [1.54, 1.807) is 0 Å². The van der Waals surface area contributed by atoms with Crippen LogP contribution in [0.5, 0.6) is 0 Å². The Labute approximate surface area is 62.9 Å². The largest absolute Gasteiger partial charge is 0.407 e. The van der Waals surface area contributed by atoms with Gasteiger partial charge in [-0.3, -0.25) is 5.41 Å². The second-order valence-corrected chi connectivity index (χ2v) is 1.97. The topological polar surface area (TPSA) is 49.9 Å². The molecule has 12 heavy (non-hydrogen) atoms. The molecule has 0 bridgehead atoms. The number of alkyl halides is 6. The number of rotatable bonds is 1. The summed E-state index contributed by atoms with van der Waals surface area (Å²) in [6.07, 6.45) is -11.1. The fourth-order valence-corrected chi connectivity index (χ4v) is 0.538. The molecule has 0 spiro atoms. The Balaban J connectivity index is 4.82. The lowest BCUT2D eigenvalue weighted by molar-refractivity contribution is -0.260. The molecule has 0 amide bonds. The molecule has 0 aromatic rings. The third-order valence-corrected chi connectivity index (χ3v) is 0.966. The molecule has 3 N–H and O–H groups in total. The Kier molecular flexibility index (Phi) is 2.61. The van der Waals surface area contributed by atoms with Gasteiger partial charge in [-0.2, -0.15) is 26.3 Å². The van der Waals surface area contributed by atoms with Gasteiger partial charge >= 0.3 is 12.4 Å². The highest BCUT2D eigenvalue weighted by Crippen LogP contribution is 2.38. The van der Waals surface area contributed by atoms with E-state index in [2.05, 4.69) is 5.73 Å². The van der Waals surface area contributed by atoms with Crippen molar-refractivity contribution in [3.8, 4) is 0 Å². The van der Waals surface area contributed by atoms with Crippen molar-refractivity contribution in [2.45, 2.75) is 12.4 Å². The Hall–Kier alpha value is -0.950. The van der Waals surface area contributed by atoms with E-state index in [-0.39, 0.29) is 0 Å². The second kappa shape index (κ2) is 2.83. The Morgan fingerprint density at radius 3 is 1.25 bits per heavy atom. The molecule has 0 aliphatic rings. The molecule has 0 rings (SSSR count). The van der Waals surface area contributed by atoms with Gasteiger partial charge in [-0.25, -0.2) is 0 Å². The number of hydrogen-bond acceptors (Lipinski definition) is 1. The minimum absolute atomic E-state index is 1.95. The van der Waals surface area contributed by atoms with E-state index >= 15 is 0 Å². The summed E-state index contributed by atoms with van der Waals surface area (Å²) in [4.78, 5) is 0. The summed E-state index contributed by atoms with van der Waals surface area (Å²) >= 11 is 0. The Bertz CT molecular complexity index is 165. The van der Waals surface area contributed by atoms with Crippen LogP contribution >= 0.6 is 0 Å². The molecule has 0 unspecified atom stereocenters. The van der Waals surface area contributed by atoms with Crippen LogP contribution in [-0.2, 0) is 0 Å². The quantitative estimate of drug-likeness (QED) is 0.372. The molecule has 0 fully saturated rings.